The van der Waals surface area contributed by atoms with Crippen molar-refractivity contribution in [3.63, 3.8) is 0 Å². The van der Waals surface area contributed by atoms with Crippen molar-refractivity contribution in [1.29, 1.82) is 0 Å². The van der Waals surface area contributed by atoms with Gasteiger partial charge in [0.2, 0.25) is 11.8 Å². The number of nitrogens with one attached hydrogen (secondary N) is 1. The zero-order valence-corrected chi connectivity index (χ0v) is 15.3. The summed E-state index contributed by atoms with van der Waals surface area (Å²) in [5, 5.41) is 2.70. The largest absolute Gasteiger partial charge is 0.325 e. The van der Waals surface area contributed by atoms with Crippen LogP contribution >= 0.6 is 0 Å². The van der Waals surface area contributed by atoms with Crippen molar-refractivity contribution >= 4 is 23.2 Å². The average molecular weight is 360 g/mol. The number of carbonyl (C=O) groups is 2. The Kier molecular flexibility index (Phi) is 5.75. The number of nitrogens with zero attached hydrogens (tertiary/aromatic N) is 1. The number of amides is 2. The first-order valence-electron chi connectivity index (χ1n) is 8.21. The van der Waals surface area contributed by atoms with Crippen LogP contribution in [-0.2, 0) is 15.0 Å². The molecule has 0 heterocycles. The van der Waals surface area contributed by atoms with Crippen LogP contribution in [0.5, 0.6) is 0 Å². The second-order valence-corrected chi connectivity index (χ2v) is 7.08. The van der Waals surface area contributed by atoms with E-state index in [9.17, 15) is 18.4 Å². The highest BCUT2D eigenvalue weighted by molar-refractivity contribution is 6.01. The SMILES string of the molecule is CC(=O)N(CC(=O)Nc1ccc(C(C)(C)C)cc1)c1ccc(F)c(F)c1. The van der Waals surface area contributed by atoms with Crippen molar-refractivity contribution in [1.82, 2.24) is 0 Å². The van der Waals surface area contributed by atoms with Gasteiger partial charge in [-0.1, -0.05) is 32.9 Å². The van der Waals surface area contributed by atoms with Crippen LogP contribution in [0.3, 0.4) is 0 Å². The van der Waals surface area contributed by atoms with Crippen molar-refractivity contribution in [3.8, 4) is 0 Å². The first-order valence-corrected chi connectivity index (χ1v) is 8.21. The smallest absolute Gasteiger partial charge is 0.244 e. The molecule has 0 aliphatic heterocycles. The van der Waals surface area contributed by atoms with Crippen molar-refractivity contribution < 1.29 is 18.4 Å². The maximum Gasteiger partial charge on any atom is 0.244 e. The number of hydrogen-bond acceptors (Lipinski definition) is 2. The summed E-state index contributed by atoms with van der Waals surface area (Å²) in [6, 6.07) is 10.5. The van der Waals surface area contributed by atoms with Gasteiger partial charge in [-0.15, -0.1) is 0 Å². The second-order valence-electron chi connectivity index (χ2n) is 7.08. The molecule has 4 nitrogen and oxygen atoms in total. The summed E-state index contributed by atoms with van der Waals surface area (Å²) in [5.41, 5.74) is 1.84. The van der Waals surface area contributed by atoms with E-state index in [4.69, 9.17) is 0 Å². The van der Waals surface area contributed by atoms with Gasteiger partial charge in [0.15, 0.2) is 11.6 Å². The van der Waals surface area contributed by atoms with Crippen molar-refractivity contribution in [3.05, 3.63) is 59.7 Å². The zero-order chi connectivity index (χ0) is 19.5. The minimum Gasteiger partial charge on any atom is -0.325 e. The first kappa shape index (κ1) is 19.6. The van der Waals surface area contributed by atoms with Gasteiger partial charge in [-0.2, -0.15) is 0 Å². The molecule has 0 saturated carbocycles. The van der Waals surface area contributed by atoms with Crippen molar-refractivity contribution in [2.75, 3.05) is 16.8 Å². The maximum absolute atomic E-state index is 13.4. The molecule has 0 aromatic heterocycles. The lowest BCUT2D eigenvalue weighted by Gasteiger charge is -2.21. The Morgan fingerprint density at radius 3 is 2.12 bits per heavy atom. The summed E-state index contributed by atoms with van der Waals surface area (Å²) in [6.45, 7) is 7.22. The Bertz CT molecular complexity index is 812. The van der Waals surface area contributed by atoms with Crippen LogP contribution in [0.25, 0.3) is 0 Å². The van der Waals surface area contributed by atoms with Crippen LogP contribution in [-0.4, -0.2) is 18.4 Å². The Labute approximate surface area is 151 Å². The number of hydrogen-bond donors (Lipinski definition) is 1. The van der Waals surface area contributed by atoms with Gasteiger partial charge in [0, 0.05) is 24.4 Å². The van der Waals surface area contributed by atoms with Crippen molar-refractivity contribution in [2.24, 2.45) is 0 Å². The fourth-order valence-corrected chi connectivity index (χ4v) is 2.44. The Morgan fingerprint density at radius 1 is 1.00 bits per heavy atom. The fourth-order valence-electron chi connectivity index (χ4n) is 2.44. The lowest BCUT2D eigenvalue weighted by atomic mass is 9.87. The summed E-state index contributed by atoms with van der Waals surface area (Å²) in [6.07, 6.45) is 0. The molecule has 0 spiro atoms. The second kappa shape index (κ2) is 7.64. The summed E-state index contributed by atoms with van der Waals surface area (Å²) < 4.78 is 26.5. The monoisotopic (exact) mass is 360 g/mol. The van der Waals surface area contributed by atoms with Gasteiger partial charge >= 0.3 is 0 Å². The van der Waals surface area contributed by atoms with Crippen LogP contribution in [0.1, 0.15) is 33.3 Å². The molecule has 0 aliphatic carbocycles. The van der Waals surface area contributed by atoms with E-state index in [0.717, 1.165) is 22.6 Å². The highest BCUT2D eigenvalue weighted by atomic mass is 19.2. The molecule has 6 heteroatoms. The maximum atomic E-state index is 13.4. The van der Waals surface area contributed by atoms with Gasteiger partial charge in [0.25, 0.3) is 0 Å². The molecule has 138 valence electrons. The Morgan fingerprint density at radius 2 is 1.62 bits per heavy atom. The minimum absolute atomic E-state index is 0.000619. The van der Waals surface area contributed by atoms with E-state index < -0.39 is 23.4 Å². The quantitative estimate of drug-likeness (QED) is 0.886. The van der Waals surface area contributed by atoms with Gasteiger partial charge in [0.1, 0.15) is 6.54 Å². The molecular formula is C20H22F2N2O2. The number of anilines is 2. The zero-order valence-electron chi connectivity index (χ0n) is 15.3. The van der Waals surface area contributed by atoms with E-state index in [0.29, 0.717) is 5.69 Å². The number of rotatable bonds is 4. The van der Waals surface area contributed by atoms with E-state index >= 15 is 0 Å². The van der Waals surface area contributed by atoms with E-state index in [1.165, 1.54) is 13.0 Å². The normalized spacial score (nSPS) is 11.2. The number of carbonyl (C=O) groups excluding carboxylic acids is 2. The molecule has 0 saturated heterocycles. The van der Waals surface area contributed by atoms with Gasteiger partial charge in [-0.25, -0.2) is 8.78 Å². The summed E-state index contributed by atoms with van der Waals surface area (Å²) in [4.78, 5) is 25.2. The summed E-state index contributed by atoms with van der Waals surface area (Å²) >= 11 is 0. The predicted octanol–water partition coefficient (Wildman–Crippen LogP) is 4.25. The third kappa shape index (κ3) is 4.88. The highest BCUT2D eigenvalue weighted by Crippen LogP contribution is 2.23. The number of halogens is 2. The molecule has 0 aliphatic rings. The molecule has 1 N–H and O–H groups in total. The van der Waals surface area contributed by atoms with E-state index in [1.54, 1.807) is 12.1 Å². The third-order valence-electron chi connectivity index (χ3n) is 3.93. The highest BCUT2D eigenvalue weighted by Gasteiger charge is 2.18. The molecule has 2 aromatic carbocycles. The molecule has 2 aromatic rings. The van der Waals surface area contributed by atoms with Gasteiger partial charge in [0.05, 0.1) is 0 Å². The van der Waals surface area contributed by atoms with E-state index in [-0.39, 0.29) is 17.6 Å². The molecule has 0 bridgehead atoms. The molecule has 0 unspecified atom stereocenters. The summed E-state index contributed by atoms with van der Waals surface area (Å²) in [7, 11) is 0. The average Bonchev–Trinajstić information content (AvgIpc) is 2.55. The standard InChI is InChI=1S/C20H22F2N2O2/c1-13(25)24(16-9-10-17(21)18(22)11-16)12-19(26)23-15-7-5-14(6-8-15)20(2,3)4/h5-11H,12H2,1-4H3,(H,23,26). The number of benzene rings is 2. The van der Waals surface area contributed by atoms with Gasteiger partial charge < -0.3 is 10.2 Å². The molecule has 0 atom stereocenters. The topological polar surface area (TPSA) is 49.4 Å². The Hall–Kier alpha value is -2.76. The lowest BCUT2D eigenvalue weighted by Crippen LogP contribution is -2.36. The summed E-state index contributed by atoms with van der Waals surface area (Å²) in [5.74, 6) is -2.98. The van der Waals surface area contributed by atoms with Crippen LogP contribution in [0.2, 0.25) is 0 Å². The molecule has 26 heavy (non-hydrogen) atoms. The van der Waals surface area contributed by atoms with E-state index in [1.807, 2.05) is 12.1 Å². The predicted molar refractivity (Wildman–Crippen MR) is 98.2 cm³/mol. The molecular weight excluding hydrogens is 338 g/mol. The van der Waals surface area contributed by atoms with Crippen LogP contribution in [0.15, 0.2) is 42.5 Å². The van der Waals surface area contributed by atoms with Gasteiger partial charge in [-0.3, -0.25) is 9.59 Å². The van der Waals surface area contributed by atoms with Crippen LogP contribution in [0, 0.1) is 11.6 Å². The first-order chi connectivity index (χ1) is 12.1. The van der Waals surface area contributed by atoms with E-state index in [2.05, 4.69) is 26.1 Å². The van der Waals surface area contributed by atoms with Gasteiger partial charge in [-0.05, 0) is 35.2 Å². The molecule has 0 radical (unpaired) electrons. The third-order valence-corrected chi connectivity index (χ3v) is 3.93. The molecule has 0 fully saturated rings. The molecule has 2 rings (SSSR count). The van der Waals surface area contributed by atoms with Crippen LogP contribution < -0.4 is 10.2 Å². The minimum atomic E-state index is -1.08. The molecule has 2 amide bonds. The Balaban J connectivity index is 2.10. The van der Waals surface area contributed by atoms with Crippen molar-refractivity contribution in [2.45, 2.75) is 33.1 Å². The fraction of sp³-hybridized carbons (Fsp3) is 0.300. The van der Waals surface area contributed by atoms with Crippen LogP contribution in [0.4, 0.5) is 20.2 Å². The lowest BCUT2D eigenvalue weighted by molar-refractivity contribution is -0.120.